The molecule has 1 aliphatic heterocycles. The van der Waals surface area contributed by atoms with Gasteiger partial charge >= 0.3 is 0 Å². The minimum atomic E-state index is 0.292. The van der Waals surface area contributed by atoms with Crippen molar-refractivity contribution in [2.24, 2.45) is 0 Å². The minimum Gasteiger partial charge on any atom is -0.383 e. The van der Waals surface area contributed by atoms with Crippen LogP contribution in [0.2, 0.25) is 0 Å². The van der Waals surface area contributed by atoms with Crippen molar-refractivity contribution >= 4 is 16.9 Å². The fourth-order valence-electron chi connectivity index (χ4n) is 2.94. The van der Waals surface area contributed by atoms with Gasteiger partial charge in [-0.3, -0.25) is 0 Å². The van der Waals surface area contributed by atoms with Crippen LogP contribution in [0.25, 0.3) is 22.3 Å². The Morgan fingerprint density at radius 1 is 1.23 bits per heavy atom. The molecule has 1 saturated heterocycles. The molecule has 0 spiro atoms. The molecule has 7 heteroatoms. The fraction of sp³-hybridized carbons (Fsp3) is 0.400. The molecule has 7 nitrogen and oxygen atoms in total. The Balaban J connectivity index is 1.71. The summed E-state index contributed by atoms with van der Waals surface area (Å²) in [6, 6.07) is 2.31. The molecule has 3 aromatic rings. The Kier molecular flexibility index (Phi) is 2.38. The van der Waals surface area contributed by atoms with Crippen molar-refractivity contribution in [3.05, 3.63) is 24.4 Å². The number of hydrogen-bond acceptors (Lipinski definition) is 6. The first-order chi connectivity index (χ1) is 10.8. The zero-order chi connectivity index (χ0) is 14.7. The summed E-state index contributed by atoms with van der Waals surface area (Å²) < 4.78 is 12.9. The molecule has 3 aromatic heterocycles. The molecule has 0 aromatic carbocycles. The van der Waals surface area contributed by atoms with Crippen molar-refractivity contribution in [3.63, 3.8) is 0 Å². The van der Waals surface area contributed by atoms with E-state index in [1.165, 1.54) is 19.2 Å². The van der Waals surface area contributed by atoms with Crippen LogP contribution in [-0.2, 0) is 4.74 Å². The molecule has 0 amide bonds. The van der Waals surface area contributed by atoms with Crippen LogP contribution in [-0.4, -0.2) is 32.9 Å². The Morgan fingerprint density at radius 3 is 2.82 bits per heavy atom. The molecule has 5 rings (SSSR count). The van der Waals surface area contributed by atoms with Gasteiger partial charge < -0.3 is 19.6 Å². The number of nitrogen functional groups attached to an aromatic ring is 1. The molecule has 4 heterocycles. The molecule has 2 aliphatic rings. The van der Waals surface area contributed by atoms with Gasteiger partial charge in [0.25, 0.3) is 0 Å². The second-order valence-corrected chi connectivity index (χ2v) is 5.99. The van der Waals surface area contributed by atoms with Crippen LogP contribution in [0.15, 0.2) is 23.1 Å². The molecule has 0 radical (unpaired) electrons. The third kappa shape index (κ3) is 1.69. The van der Waals surface area contributed by atoms with Gasteiger partial charge in [0, 0.05) is 23.7 Å². The van der Waals surface area contributed by atoms with Crippen molar-refractivity contribution in [3.8, 4) is 11.3 Å². The van der Waals surface area contributed by atoms with Gasteiger partial charge in [-0.1, -0.05) is 5.16 Å². The van der Waals surface area contributed by atoms with E-state index >= 15 is 0 Å². The molecule has 2 N–H and O–H groups in total. The molecule has 22 heavy (non-hydrogen) atoms. The lowest BCUT2D eigenvalue weighted by Crippen LogP contribution is -2.30. The third-order valence-corrected chi connectivity index (χ3v) is 4.44. The number of rotatable bonds is 3. The molecule has 2 fully saturated rings. The third-order valence-electron chi connectivity index (χ3n) is 4.44. The molecule has 0 unspecified atom stereocenters. The highest BCUT2D eigenvalue weighted by Crippen LogP contribution is 2.42. The summed E-state index contributed by atoms with van der Waals surface area (Å²) in [6.45, 7) is 1.39. The van der Waals surface area contributed by atoms with Crippen LogP contribution in [0, 0.1) is 0 Å². The monoisotopic (exact) mass is 297 g/mol. The van der Waals surface area contributed by atoms with E-state index in [4.69, 9.17) is 15.0 Å². The predicted molar refractivity (Wildman–Crippen MR) is 79.3 cm³/mol. The van der Waals surface area contributed by atoms with Gasteiger partial charge in [-0.05, 0) is 12.8 Å². The Morgan fingerprint density at radius 2 is 2.09 bits per heavy atom. The lowest BCUT2D eigenvalue weighted by molar-refractivity contribution is -0.0215. The second-order valence-electron chi connectivity index (χ2n) is 5.99. The van der Waals surface area contributed by atoms with Crippen LogP contribution in [0.1, 0.15) is 30.6 Å². The van der Waals surface area contributed by atoms with E-state index < -0.39 is 0 Å². The maximum Gasteiger partial charge on any atom is 0.146 e. The van der Waals surface area contributed by atoms with Crippen LogP contribution >= 0.6 is 0 Å². The van der Waals surface area contributed by atoms with E-state index in [9.17, 15) is 0 Å². The number of nitrogens with zero attached hydrogens (tertiary/aromatic N) is 4. The first-order valence-corrected chi connectivity index (χ1v) is 7.47. The normalized spacial score (nSPS) is 18.7. The Hall–Kier alpha value is -2.41. The summed E-state index contributed by atoms with van der Waals surface area (Å²) in [5.74, 6) is 1.96. The van der Waals surface area contributed by atoms with E-state index in [2.05, 4.69) is 19.7 Å². The zero-order valence-corrected chi connectivity index (χ0v) is 11.9. The average Bonchev–Trinajstić information content (AvgIpc) is 3.07. The quantitative estimate of drug-likeness (QED) is 0.796. The minimum absolute atomic E-state index is 0.292. The van der Waals surface area contributed by atoms with Crippen LogP contribution < -0.4 is 5.73 Å². The van der Waals surface area contributed by atoms with E-state index in [1.54, 1.807) is 0 Å². The van der Waals surface area contributed by atoms with Gasteiger partial charge in [0.05, 0.1) is 24.6 Å². The smallest absolute Gasteiger partial charge is 0.146 e. The number of hydrogen-bond donors (Lipinski definition) is 1. The molecular weight excluding hydrogens is 282 g/mol. The lowest BCUT2D eigenvalue weighted by Gasteiger charge is -2.27. The summed E-state index contributed by atoms with van der Waals surface area (Å²) >= 11 is 0. The molecule has 0 bridgehead atoms. The maximum absolute atomic E-state index is 6.09. The van der Waals surface area contributed by atoms with Gasteiger partial charge in [0.2, 0.25) is 0 Å². The largest absolute Gasteiger partial charge is 0.383 e. The highest BCUT2D eigenvalue weighted by molar-refractivity contribution is 5.99. The number of nitrogens with two attached hydrogens (primary N) is 1. The summed E-state index contributed by atoms with van der Waals surface area (Å²) in [6.07, 6.45) is 5.90. The standard InChI is InChI=1S/C15H15N5O2/c16-14-13-10(11-3-12(22-19-11)8-1-2-8)4-20(9-5-21-6-9)15(13)18-7-17-14/h3-4,7-9H,1-2,5-6H2,(H2,16,17,18). The second kappa shape index (κ2) is 4.30. The summed E-state index contributed by atoms with van der Waals surface area (Å²) in [5.41, 5.74) is 8.64. The predicted octanol–water partition coefficient (Wildman–Crippen LogP) is 2.12. The van der Waals surface area contributed by atoms with E-state index in [0.29, 0.717) is 31.0 Å². The van der Waals surface area contributed by atoms with Crippen molar-refractivity contribution in [1.29, 1.82) is 0 Å². The average molecular weight is 297 g/mol. The number of anilines is 1. The summed E-state index contributed by atoms with van der Waals surface area (Å²) in [5, 5.41) is 5.06. The first kappa shape index (κ1) is 12.2. The number of ether oxygens (including phenoxy) is 1. The maximum atomic E-state index is 6.09. The fourth-order valence-corrected chi connectivity index (χ4v) is 2.94. The zero-order valence-electron chi connectivity index (χ0n) is 11.9. The highest BCUT2D eigenvalue weighted by Gasteiger charge is 2.30. The Labute approximate surface area is 126 Å². The van der Waals surface area contributed by atoms with E-state index in [-0.39, 0.29) is 0 Å². The molecule has 1 aliphatic carbocycles. The van der Waals surface area contributed by atoms with Crippen LogP contribution in [0.5, 0.6) is 0 Å². The summed E-state index contributed by atoms with van der Waals surface area (Å²) in [7, 11) is 0. The first-order valence-electron chi connectivity index (χ1n) is 7.47. The van der Waals surface area contributed by atoms with Gasteiger partial charge in [-0.2, -0.15) is 0 Å². The molecule has 112 valence electrons. The van der Waals surface area contributed by atoms with Gasteiger partial charge in [-0.15, -0.1) is 0 Å². The van der Waals surface area contributed by atoms with Crippen molar-refractivity contribution in [1.82, 2.24) is 19.7 Å². The topological polar surface area (TPSA) is 92.0 Å². The summed E-state index contributed by atoms with van der Waals surface area (Å²) in [4.78, 5) is 8.53. The van der Waals surface area contributed by atoms with E-state index in [1.807, 2.05) is 12.3 Å². The van der Waals surface area contributed by atoms with Crippen LogP contribution in [0.4, 0.5) is 5.82 Å². The SMILES string of the molecule is Nc1ncnc2c1c(-c1cc(C3CC3)on1)cn2C1COC1. The van der Waals surface area contributed by atoms with Crippen molar-refractivity contribution < 1.29 is 9.26 Å². The molecule has 0 atom stereocenters. The van der Waals surface area contributed by atoms with Gasteiger partial charge in [0.15, 0.2) is 0 Å². The van der Waals surface area contributed by atoms with Gasteiger partial charge in [-0.25, -0.2) is 9.97 Å². The Bertz CT molecular complexity index is 860. The van der Waals surface area contributed by atoms with Crippen LogP contribution in [0.3, 0.4) is 0 Å². The van der Waals surface area contributed by atoms with Gasteiger partial charge in [0.1, 0.15) is 29.2 Å². The van der Waals surface area contributed by atoms with Crippen molar-refractivity contribution in [2.75, 3.05) is 18.9 Å². The lowest BCUT2D eigenvalue weighted by atomic mass is 10.1. The highest BCUT2D eigenvalue weighted by atomic mass is 16.5. The van der Waals surface area contributed by atoms with Crippen molar-refractivity contribution in [2.45, 2.75) is 24.8 Å². The van der Waals surface area contributed by atoms with E-state index in [0.717, 1.165) is 28.1 Å². The molecule has 1 saturated carbocycles. The molecular formula is C15H15N5O2. The number of fused-ring (bicyclic) bond motifs is 1. The number of aromatic nitrogens is 4.